The molecule has 0 aromatic carbocycles. The number of H-pyrrole nitrogens is 1. The van der Waals surface area contributed by atoms with Crippen molar-refractivity contribution in [1.82, 2.24) is 4.98 Å². The molecule has 3 nitrogen and oxygen atoms in total. The van der Waals surface area contributed by atoms with Crippen LogP contribution < -0.4 is 10.3 Å². The predicted molar refractivity (Wildman–Crippen MR) is 49.9 cm³/mol. The summed E-state index contributed by atoms with van der Waals surface area (Å²) >= 11 is 0. The van der Waals surface area contributed by atoms with E-state index in [1.165, 1.54) is 25.7 Å². The lowest BCUT2D eigenvalue weighted by Gasteiger charge is -2.10. The van der Waals surface area contributed by atoms with Gasteiger partial charge in [0.1, 0.15) is 6.04 Å². The number of aromatic nitrogens is 2. The van der Waals surface area contributed by atoms with Crippen LogP contribution in [-0.4, -0.2) is 4.98 Å². The summed E-state index contributed by atoms with van der Waals surface area (Å²) in [5, 5.41) is 0. The van der Waals surface area contributed by atoms with Crippen LogP contribution in [-0.2, 0) is 0 Å². The molecule has 70 valence electrons. The van der Waals surface area contributed by atoms with Crippen molar-refractivity contribution in [3.05, 3.63) is 12.5 Å². The number of hydrogen-bond acceptors (Lipinski definition) is 1. The molecule has 2 saturated carbocycles. The minimum atomic E-state index is 0.744. The Kier molecular flexibility index (Phi) is 1.43. The van der Waals surface area contributed by atoms with Crippen molar-refractivity contribution in [1.29, 1.82) is 0 Å². The highest BCUT2D eigenvalue weighted by molar-refractivity contribution is 5.18. The number of nitrogens with zero attached hydrogens (tertiary/aromatic N) is 1. The Morgan fingerprint density at radius 1 is 1.31 bits per heavy atom. The second-order valence-electron chi connectivity index (χ2n) is 4.47. The van der Waals surface area contributed by atoms with E-state index in [1.807, 2.05) is 12.5 Å². The molecule has 0 bridgehead atoms. The molecule has 0 aliphatic heterocycles. The zero-order valence-electron chi connectivity index (χ0n) is 7.74. The Labute approximate surface area is 78.0 Å². The van der Waals surface area contributed by atoms with Gasteiger partial charge in [-0.1, -0.05) is 0 Å². The summed E-state index contributed by atoms with van der Waals surface area (Å²) in [5.41, 5.74) is 5.68. The molecule has 3 N–H and O–H groups in total. The number of nitrogen functional groups attached to an aromatic ring is 1. The first kappa shape index (κ1) is 7.42. The van der Waals surface area contributed by atoms with Gasteiger partial charge < -0.3 is 5.73 Å². The first-order valence-corrected chi connectivity index (χ1v) is 5.19. The average molecular weight is 178 g/mol. The molecule has 0 radical (unpaired) electrons. The SMILES string of the molecule is Nc1c[n+](C(C2CC2)C2CC2)c[nH]1. The first-order chi connectivity index (χ1) is 6.34. The molecule has 0 unspecified atom stereocenters. The topological polar surface area (TPSA) is 45.7 Å². The number of aromatic amines is 1. The summed E-state index contributed by atoms with van der Waals surface area (Å²) in [6, 6.07) is 0.744. The summed E-state index contributed by atoms with van der Waals surface area (Å²) in [6.45, 7) is 0. The maximum Gasteiger partial charge on any atom is 0.243 e. The Morgan fingerprint density at radius 3 is 2.31 bits per heavy atom. The fourth-order valence-corrected chi connectivity index (χ4v) is 2.30. The zero-order chi connectivity index (χ0) is 8.84. The first-order valence-electron chi connectivity index (χ1n) is 5.19. The lowest BCUT2D eigenvalue weighted by Crippen LogP contribution is -2.39. The van der Waals surface area contributed by atoms with Gasteiger partial charge in [-0.25, -0.2) is 9.55 Å². The summed E-state index contributed by atoms with van der Waals surface area (Å²) in [4.78, 5) is 3.06. The number of rotatable bonds is 3. The second-order valence-corrected chi connectivity index (χ2v) is 4.47. The number of hydrogen-bond donors (Lipinski definition) is 2. The van der Waals surface area contributed by atoms with E-state index in [2.05, 4.69) is 9.55 Å². The van der Waals surface area contributed by atoms with E-state index >= 15 is 0 Å². The molecule has 0 atom stereocenters. The van der Waals surface area contributed by atoms with Gasteiger partial charge >= 0.3 is 0 Å². The number of nitrogens with two attached hydrogens (primary N) is 1. The molecule has 1 heterocycles. The molecular weight excluding hydrogens is 162 g/mol. The van der Waals surface area contributed by atoms with Crippen molar-refractivity contribution >= 4 is 5.82 Å². The van der Waals surface area contributed by atoms with Crippen LogP contribution in [0, 0.1) is 11.8 Å². The molecule has 1 aromatic rings. The van der Waals surface area contributed by atoms with E-state index in [-0.39, 0.29) is 0 Å². The van der Waals surface area contributed by atoms with E-state index in [0.29, 0.717) is 0 Å². The van der Waals surface area contributed by atoms with Crippen LogP contribution in [0.3, 0.4) is 0 Å². The predicted octanol–water partition coefficient (Wildman–Crippen LogP) is 1.25. The van der Waals surface area contributed by atoms with Gasteiger partial charge in [-0.15, -0.1) is 0 Å². The van der Waals surface area contributed by atoms with E-state index < -0.39 is 0 Å². The van der Waals surface area contributed by atoms with Crippen molar-refractivity contribution < 1.29 is 4.57 Å². The van der Waals surface area contributed by atoms with Crippen molar-refractivity contribution in [2.45, 2.75) is 31.7 Å². The van der Waals surface area contributed by atoms with E-state index in [4.69, 9.17) is 5.73 Å². The molecule has 0 spiro atoms. The van der Waals surface area contributed by atoms with Gasteiger partial charge in [0.25, 0.3) is 0 Å². The van der Waals surface area contributed by atoms with Crippen LogP contribution in [0.1, 0.15) is 31.7 Å². The summed E-state index contributed by atoms with van der Waals surface area (Å²) in [6.07, 6.45) is 9.73. The minimum absolute atomic E-state index is 0.744. The van der Waals surface area contributed by atoms with Crippen molar-refractivity contribution in [3.63, 3.8) is 0 Å². The van der Waals surface area contributed by atoms with E-state index in [9.17, 15) is 0 Å². The van der Waals surface area contributed by atoms with Crippen LogP contribution in [0.5, 0.6) is 0 Å². The molecular formula is C10H16N3+. The van der Waals surface area contributed by atoms with Crippen molar-refractivity contribution in [2.24, 2.45) is 11.8 Å². The lowest BCUT2D eigenvalue weighted by atomic mass is 10.1. The molecule has 2 aliphatic carbocycles. The standard InChI is InChI=1S/C10H15N3/c11-9-5-13(6-12-9)10(7-1-2-7)8-3-4-8/h5-8,10H,1-4,11H2/p+1. The molecule has 2 aliphatic rings. The average Bonchev–Trinajstić information content (AvgIpc) is 2.95. The van der Waals surface area contributed by atoms with Gasteiger partial charge in [-0.05, 0) is 37.5 Å². The van der Waals surface area contributed by atoms with Crippen LogP contribution in [0.4, 0.5) is 5.82 Å². The van der Waals surface area contributed by atoms with Crippen LogP contribution in [0.15, 0.2) is 12.5 Å². The van der Waals surface area contributed by atoms with Crippen LogP contribution >= 0.6 is 0 Å². The van der Waals surface area contributed by atoms with Gasteiger partial charge in [-0.2, -0.15) is 0 Å². The van der Waals surface area contributed by atoms with Gasteiger partial charge in [0.2, 0.25) is 12.1 Å². The molecule has 2 fully saturated rings. The molecule has 3 rings (SSSR count). The molecule has 0 saturated heterocycles. The molecule has 0 amide bonds. The Hall–Kier alpha value is -0.990. The van der Waals surface area contributed by atoms with Gasteiger partial charge in [-0.3, -0.25) is 0 Å². The van der Waals surface area contributed by atoms with E-state index in [0.717, 1.165) is 23.7 Å². The Bertz CT molecular complexity index is 298. The molecule has 1 aromatic heterocycles. The number of nitrogens with one attached hydrogen (secondary N) is 1. The number of imidazole rings is 1. The fourth-order valence-electron chi connectivity index (χ4n) is 2.30. The minimum Gasteiger partial charge on any atom is -0.363 e. The Balaban J connectivity index is 1.86. The normalized spacial score (nSPS) is 22.5. The summed E-state index contributed by atoms with van der Waals surface area (Å²) < 4.78 is 2.30. The third-order valence-electron chi connectivity index (χ3n) is 3.22. The number of anilines is 1. The van der Waals surface area contributed by atoms with Crippen molar-refractivity contribution in [2.75, 3.05) is 5.73 Å². The maximum absolute atomic E-state index is 5.68. The largest absolute Gasteiger partial charge is 0.363 e. The second kappa shape index (κ2) is 2.50. The highest BCUT2D eigenvalue weighted by Crippen LogP contribution is 2.49. The summed E-state index contributed by atoms with van der Waals surface area (Å²) in [7, 11) is 0. The van der Waals surface area contributed by atoms with Crippen molar-refractivity contribution in [3.8, 4) is 0 Å². The highest BCUT2D eigenvalue weighted by atomic mass is 15.1. The summed E-state index contributed by atoms with van der Waals surface area (Å²) in [5.74, 6) is 2.66. The third-order valence-corrected chi connectivity index (χ3v) is 3.22. The van der Waals surface area contributed by atoms with Gasteiger partial charge in [0, 0.05) is 0 Å². The van der Waals surface area contributed by atoms with Crippen LogP contribution in [0.2, 0.25) is 0 Å². The quantitative estimate of drug-likeness (QED) is 0.672. The highest BCUT2D eigenvalue weighted by Gasteiger charge is 2.45. The lowest BCUT2D eigenvalue weighted by molar-refractivity contribution is -0.729. The fraction of sp³-hybridized carbons (Fsp3) is 0.700. The molecule has 3 heteroatoms. The van der Waals surface area contributed by atoms with E-state index in [1.54, 1.807) is 0 Å². The third kappa shape index (κ3) is 1.32. The zero-order valence-corrected chi connectivity index (χ0v) is 7.74. The monoisotopic (exact) mass is 178 g/mol. The van der Waals surface area contributed by atoms with Gasteiger partial charge in [0.05, 0.1) is 0 Å². The van der Waals surface area contributed by atoms with Crippen LogP contribution in [0.25, 0.3) is 0 Å². The molecule has 13 heavy (non-hydrogen) atoms. The Morgan fingerprint density at radius 2 is 1.92 bits per heavy atom. The smallest absolute Gasteiger partial charge is 0.243 e. The van der Waals surface area contributed by atoms with Gasteiger partial charge in [0.15, 0.2) is 6.20 Å². The maximum atomic E-state index is 5.68.